The largest absolute Gasteiger partial charge is 0.356 e. The van der Waals surface area contributed by atoms with Gasteiger partial charge in [0, 0.05) is 19.0 Å². The second-order valence-corrected chi connectivity index (χ2v) is 6.29. The normalized spacial score (nSPS) is 24.1. The van der Waals surface area contributed by atoms with Gasteiger partial charge < -0.3 is 11.1 Å². The van der Waals surface area contributed by atoms with Crippen molar-refractivity contribution < 1.29 is 4.79 Å². The van der Waals surface area contributed by atoms with Gasteiger partial charge in [-0.3, -0.25) is 4.79 Å². The van der Waals surface area contributed by atoms with Gasteiger partial charge in [0.15, 0.2) is 0 Å². The van der Waals surface area contributed by atoms with Gasteiger partial charge in [0.05, 0.1) is 0 Å². The second kappa shape index (κ2) is 5.92. The minimum absolute atomic E-state index is 0.0990. The molecule has 1 saturated heterocycles. The average Bonchev–Trinajstić information content (AvgIpc) is 3.11. The molecule has 1 saturated carbocycles. The molecule has 1 amide bonds. The fourth-order valence-corrected chi connectivity index (χ4v) is 3.39. The molecule has 1 heterocycles. The van der Waals surface area contributed by atoms with Gasteiger partial charge in [-0.25, -0.2) is 0 Å². The fraction of sp³-hybridized carbons (Fsp3) is 0.917. The maximum atomic E-state index is 11.6. The molecule has 0 bridgehead atoms. The summed E-state index contributed by atoms with van der Waals surface area (Å²) in [5.41, 5.74) is 5.92. The van der Waals surface area contributed by atoms with Crippen LogP contribution in [0.15, 0.2) is 0 Å². The van der Waals surface area contributed by atoms with Crippen molar-refractivity contribution in [3.63, 3.8) is 0 Å². The highest BCUT2D eigenvalue weighted by Crippen LogP contribution is 2.32. The van der Waals surface area contributed by atoms with Gasteiger partial charge in [0.1, 0.15) is 0 Å². The zero-order valence-corrected chi connectivity index (χ0v) is 10.6. The number of thioether (sulfide) groups is 1. The van der Waals surface area contributed by atoms with Crippen LogP contribution in [0.2, 0.25) is 0 Å². The van der Waals surface area contributed by atoms with Gasteiger partial charge in [-0.05, 0) is 49.0 Å². The zero-order chi connectivity index (χ0) is 11.4. The van der Waals surface area contributed by atoms with Crippen molar-refractivity contribution in [2.24, 2.45) is 17.6 Å². The molecular weight excluding hydrogens is 220 g/mol. The minimum atomic E-state index is 0.0990. The molecule has 1 aliphatic heterocycles. The molecule has 2 aliphatic rings. The summed E-state index contributed by atoms with van der Waals surface area (Å²) in [7, 11) is 0. The monoisotopic (exact) mass is 242 g/mol. The number of hydrogen-bond donors (Lipinski definition) is 2. The van der Waals surface area contributed by atoms with E-state index in [9.17, 15) is 4.79 Å². The van der Waals surface area contributed by atoms with E-state index in [1.165, 1.54) is 37.2 Å². The Morgan fingerprint density at radius 3 is 2.62 bits per heavy atom. The molecule has 2 fully saturated rings. The van der Waals surface area contributed by atoms with Crippen LogP contribution in [0.1, 0.15) is 32.1 Å². The molecular formula is C12H22N2OS. The Labute approximate surface area is 102 Å². The zero-order valence-electron chi connectivity index (χ0n) is 9.78. The van der Waals surface area contributed by atoms with E-state index in [1.807, 2.05) is 11.8 Å². The second-order valence-electron chi connectivity index (χ2n) is 5.07. The molecule has 0 aromatic carbocycles. The predicted octanol–water partition coefficient (Wildman–Crippen LogP) is 1.37. The quantitative estimate of drug-likeness (QED) is 0.765. The molecule has 3 nitrogen and oxygen atoms in total. The van der Waals surface area contributed by atoms with Crippen molar-refractivity contribution in [1.82, 2.24) is 5.32 Å². The van der Waals surface area contributed by atoms with E-state index in [0.29, 0.717) is 18.3 Å². The molecule has 0 radical (unpaired) electrons. The van der Waals surface area contributed by atoms with Crippen molar-refractivity contribution in [3.05, 3.63) is 0 Å². The Bertz CT molecular complexity index is 237. The third-order valence-electron chi connectivity index (χ3n) is 3.58. The van der Waals surface area contributed by atoms with Crippen LogP contribution in [0.25, 0.3) is 0 Å². The molecule has 4 heteroatoms. The van der Waals surface area contributed by atoms with Crippen LogP contribution in [0.3, 0.4) is 0 Å². The van der Waals surface area contributed by atoms with Gasteiger partial charge in [-0.15, -0.1) is 0 Å². The summed E-state index contributed by atoms with van der Waals surface area (Å²) in [6.45, 7) is 0.858. The molecule has 1 atom stereocenters. The van der Waals surface area contributed by atoms with E-state index in [4.69, 9.17) is 5.73 Å². The van der Waals surface area contributed by atoms with Gasteiger partial charge in [0.2, 0.25) is 5.91 Å². The standard InChI is InChI=1S/C12H22N2OS/c13-11(10-1-2-10)7-12(15)14-8-9-3-5-16-6-4-9/h9-11H,1-8,13H2,(H,14,15). The third kappa shape index (κ3) is 3.98. The van der Waals surface area contributed by atoms with Gasteiger partial charge in [0.25, 0.3) is 0 Å². The lowest BCUT2D eigenvalue weighted by Gasteiger charge is -2.21. The molecule has 0 aromatic rings. The van der Waals surface area contributed by atoms with Crippen molar-refractivity contribution in [1.29, 1.82) is 0 Å². The number of amides is 1. The van der Waals surface area contributed by atoms with Crippen LogP contribution in [0, 0.1) is 11.8 Å². The summed E-state index contributed by atoms with van der Waals surface area (Å²) in [5.74, 6) is 3.97. The van der Waals surface area contributed by atoms with E-state index in [1.54, 1.807) is 0 Å². The summed E-state index contributed by atoms with van der Waals surface area (Å²) >= 11 is 2.02. The summed E-state index contributed by atoms with van der Waals surface area (Å²) in [5, 5.41) is 3.04. The first kappa shape index (κ1) is 12.2. The third-order valence-corrected chi connectivity index (χ3v) is 4.63. The van der Waals surface area contributed by atoms with E-state index in [2.05, 4.69) is 5.32 Å². The van der Waals surface area contributed by atoms with Crippen LogP contribution in [0.5, 0.6) is 0 Å². The highest BCUT2D eigenvalue weighted by atomic mass is 32.2. The van der Waals surface area contributed by atoms with Crippen molar-refractivity contribution in [3.8, 4) is 0 Å². The van der Waals surface area contributed by atoms with Crippen LogP contribution >= 0.6 is 11.8 Å². The van der Waals surface area contributed by atoms with E-state index >= 15 is 0 Å². The van der Waals surface area contributed by atoms with Crippen LogP contribution in [0.4, 0.5) is 0 Å². The molecule has 0 aromatic heterocycles. The Hall–Kier alpha value is -0.220. The fourth-order valence-electron chi connectivity index (χ4n) is 2.19. The van der Waals surface area contributed by atoms with Crippen LogP contribution < -0.4 is 11.1 Å². The maximum Gasteiger partial charge on any atom is 0.221 e. The predicted molar refractivity (Wildman–Crippen MR) is 68.4 cm³/mol. The molecule has 0 spiro atoms. The average molecular weight is 242 g/mol. The highest BCUT2D eigenvalue weighted by Gasteiger charge is 2.29. The van der Waals surface area contributed by atoms with Gasteiger partial charge >= 0.3 is 0 Å². The van der Waals surface area contributed by atoms with E-state index in [0.717, 1.165) is 6.54 Å². The first-order chi connectivity index (χ1) is 7.75. The Kier molecular flexibility index (Phi) is 4.53. The summed E-state index contributed by atoms with van der Waals surface area (Å²) in [6, 6.07) is 0.0990. The Morgan fingerprint density at radius 1 is 1.31 bits per heavy atom. The summed E-state index contributed by atoms with van der Waals surface area (Å²) in [4.78, 5) is 11.6. The molecule has 2 rings (SSSR count). The lowest BCUT2D eigenvalue weighted by molar-refractivity contribution is -0.121. The molecule has 92 valence electrons. The molecule has 1 aliphatic carbocycles. The lowest BCUT2D eigenvalue weighted by Crippen LogP contribution is -2.36. The minimum Gasteiger partial charge on any atom is -0.356 e. The number of nitrogens with two attached hydrogens (primary N) is 1. The van der Waals surface area contributed by atoms with Gasteiger partial charge in [-0.2, -0.15) is 11.8 Å². The first-order valence-electron chi connectivity index (χ1n) is 6.35. The SMILES string of the molecule is NC(CC(=O)NCC1CCSCC1)C1CC1. The van der Waals surface area contributed by atoms with Crippen LogP contribution in [-0.4, -0.2) is 30.0 Å². The molecule has 1 unspecified atom stereocenters. The Morgan fingerprint density at radius 2 is 2.00 bits per heavy atom. The van der Waals surface area contributed by atoms with E-state index in [-0.39, 0.29) is 11.9 Å². The van der Waals surface area contributed by atoms with Crippen molar-refractivity contribution in [2.75, 3.05) is 18.1 Å². The van der Waals surface area contributed by atoms with Crippen molar-refractivity contribution >= 4 is 17.7 Å². The molecule has 3 N–H and O–H groups in total. The first-order valence-corrected chi connectivity index (χ1v) is 7.51. The van der Waals surface area contributed by atoms with Crippen molar-refractivity contribution in [2.45, 2.75) is 38.1 Å². The number of hydrogen-bond acceptors (Lipinski definition) is 3. The van der Waals surface area contributed by atoms with Crippen LogP contribution in [-0.2, 0) is 4.79 Å². The maximum absolute atomic E-state index is 11.6. The highest BCUT2D eigenvalue weighted by molar-refractivity contribution is 7.99. The molecule has 16 heavy (non-hydrogen) atoms. The van der Waals surface area contributed by atoms with Gasteiger partial charge in [-0.1, -0.05) is 0 Å². The number of rotatable bonds is 5. The summed E-state index contributed by atoms with van der Waals surface area (Å²) in [6.07, 6.45) is 5.45. The topological polar surface area (TPSA) is 55.1 Å². The smallest absolute Gasteiger partial charge is 0.221 e. The number of carbonyl (C=O) groups is 1. The summed E-state index contributed by atoms with van der Waals surface area (Å²) < 4.78 is 0. The number of carbonyl (C=O) groups excluding carboxylic acids is 1. The number of nitrogens with one attached hydrogen (secondary N) is 1. The van der Waals surface area contributed by atoms with E-state index < -0.39 is 0 Å². The Balaban J connectivity index is 1.58. The lowest BCUT2D eigenvalue weighted by atomic mass is 10.0.